The van der Waals surface area contributed by atoms with E-state index in [1.165, 1.54) is 13.0 Å². The number of carbonyl (C=O) groups is 1. The summed E-state index contributed by atoms with van der Waals surface area (Å²) in [5.41, 5.74) is -1.12. The summed E-state index contributed by atoms with van der Waals surface area (Å²) in [6.07, 6.45) is 0. The van der Waals surface area contributed by atoms with Crippen LogP contribution in [0.15, 0.2) is 18.2 Å². The molecule has 1 aliphatic rings. The van der Waals surface area contributed by atoms with Crippen LogP contribution in [0.5, 0.6) is 0 Å². The zero-order valence-corrected chi connectivity index (χ0v) is 7.65. The van der Waals surface area contributed by atoms with Gasteiger partial charge in [0.25, 0.3) is 5.91 Å². The SMILES string of the molecule is C[C@@]1(F)C(=O)Nc2cc(Cl)ccc21. The maximum Gasteiger partial charge on any atom is 0.266 e. The Labute approximate surface area is 79.7 Å². The third-order valence-corrected chi connectivity index (χ3v) is 2.40. The first-order chi connectivity index (χ1) is 6.01. The van der Waals surface area contributed by atoms with Gasteiger partial charge in [0, 0.05) is 16.3 Å². The van der Waals surface area contributed by atoms with E-state index in [1.807, 2.05) is 0 Å². The highest BCUT2D eigenvalue weighted by Gasteiger charge is 2.42. The highest BCUT2D eigenvalue weighted by atomic mass is 35.5. The van der Waals surface area contributed by atoms with Gasteiger partial charge < -0.3 is 5.32 Å². The van der Waals surface area contributed by atoms with E-state index < -0.39 is 11.6 Å². The monoisotopic (exact) mass is 199 g/mol. The molecule has 0 aromatic heterocycles. The van der Waals surface area contributed by atoms with Crippen LogP contribution in [0.2, 0.25) is 5.02 Å². The number of anilines is 1. The molecule has 0 unspecified atom stereocenters. The van der Waals surface area contributed by atoms with E-state index in [2.05, 4.69) is 5.32 Å². The van der Waals surface area contributed by atoms with Crippen LogP contribution in [0.25, 0.3) is 0 Å². The Kier molecular flexibility index (Phi) is 1.60. The molecule has 0 saturated carbocycles. The van der Waals surface area contributed by atoms with E-state index in [9.17, 15) is 9.18 Å². The Hall–Kier alpha value is -1.09. The van der Waals surface area contributed by atoms with Gasteiger partial charge in [-0.15, -0.1) is 0 Å². The third-order valence-electron chi connectivity index (χ3n) is 2.16. The summed E-state index contributed by atoms with van der Waals surface area (Å²) in [5, 5.41) is 2.91. The van der Waals surface area contributed by atoms with Gasteiger partial charge in [0.1, 0.15) is 0 Å². The topological polar surface area (TPSA) is 29.1 Å². The second-order valence-corrected chi connectivity index (χ2v) is 3.58. The van der Waals surface area contributed by atoms with Crippen molar-refractivity contribution in [3.05, 3.63) is 28.8 Å². The molecule has 1 aromatic rings. The number of fused-ring (bicyclic) bond motifs is 1. The molecule has 2 nitrogen and oxygen atoms in total. The van der Waals surface area contributed by atoms with Gasteiger partial charge in [0.2, 0.25) is 5.67 Å². The number of rotatable bonds is 0. The van der Waals surface area contributed by atoms with E-state index in [1.54, 1.807) is 12.1 Å². The largest absolute Gasteiger partial charge is 0.323 e. The van der Waals surface area contributed by atoms with Crippen molar-refractivity contribution < 1.29 is 9.18 Å². The Morgan fingerprint density at radius 1 is 1.54 bits per heavy atom. The molecule has 1 aliphatic heterocycles. The van der Waals surface area contributed by atoms with Gasteiger partial charge >= 0.3 is 0 Å². The van der Waals surface area contributed by atoms with Crippen LogP contribution in [-0.4, -0.2) is 5.91 Å². The molecule has 4 heteroatoms. The van der Waals surface area contributed by atoms with Gasteiger partial charge in [-0.05, 0) is 19.1 Å². The Morgan fingerprint density at radius 2 is 2.23 bits per heavy atom. The number of halogens is 2. The predicted molar refractivity (Wildman–Crippen MR) is 48.5 cm³/mol. The second kappa shape index (κ2) is 2.45. The van der Waals surface area contributed by atoms with Crippen LogP contribution in [-0.2, 0) is 10.5 Å². The first-order valence-electron chi connectivity index (χ1n) is 3.82. The molecule has 13 heavy (non-hydrogen) atoms. The van der Waals surface area contributed by atoms with E-state index in [-0.39, 0.29) is 0 Å². The molecule has 0 radical (unpaired) electrons. The van der Waals surface area contributed by atoms with Crippen LogP contribution in [0, 0.1) is 0 Å². The summed E-state index contributed by atoms with van der Waals surface area (Å²) in [4.78, 5) is 11.1. The molecule has 0 fully saturated rings. The van der Waals surface area contributed by atoms with Gasteiger partial charge in [-0.3, -0.25) is 4.79 Å². The quantitative estimate of drug-likeness (QED) is 0.684. The summed E-state index contributed by atoms with van der Waals surface area (Å²) >= 11 is 5.69. The Balaban J connectivity index is 2.62. The molecule has 1 aromatic carbocycles. The predicted octanol–water partition coefficient (Wildman–Crippen LogP) is 2.48. The van der Waals surface area contributed by atoms with Crippen LogP contribution in [0.1, 0.15) is 12.5 Å². The molecule has 0 aliphatic carbocycles. The summed E-state index contributed by atoms with van der Waals surface area (Å²) in [6.45, 7) is 1.24. The first-order valence-corrected chi connectivity index (χ1v) is 4.20. The van der Waals surface area contributed by atoms with E-state index >= 15 is 0 Å². The summed E-state index contributed by atoms with van der Waals surface area (Å²) in [7, 11) is 0. The number of nitrogens with one attached hydrogen (secondary N) is 1. The molecule has 1 amide bonds. The van der Waals surface area contributed by atoms with Crippen molar-refractivity contribution in [1.29, 1.82) is 0 Å². The molecule has 68 valence electrons. The van der Waals surface area contributed by atoms with E-state index in [0.717, 1.165) is 0 Å². The molecule has 0 spiro atoms. The van der Waals surface area contributed by atoms with Gasteiger partial charge in [-0.2, -0.15) is 0 Å². The number of carbonyl (C=O) groups excluding carboxylic acids is 1. The van der Waals surface area contributed by atoms with E-state index in [0.29, 0.717) is 16.3 Å². The van der Waals surface area contributed by atoms with Crippen molar-refractivity contribution in [2.75, 3.05) is 5.32 Å². The average molecular weight is 200 g/mol. The van der Waals surface area contributed by atoms with Crippen LogP contribution < -0.4 is 5.32 Å². The van der Waals surface area contributed by atoms with Gasteiger partial charge in [-0.25, -0.2) is 4.39 Å². The lowest BCUT2D eigenvalue weighted by Crippen LogP contribution is -2.25. The standard InChI is InChI=1S/C9H7ClFNO/c1-9(11)6-3-2-5(10)4-7(6)12-8(9)13/h2-4H,1H3,(H,12,13)/t9-/m0/s1. The number of benzene rings is 1. The van der Waals surface area contributed by atoms with E-state index in [4.69, 9.17) is 11.6 Å². The smallest absolute Gasteiger partial charge is 0.266 e. The average Bonchev–Trinajstić information content (AvgIpc) is 2.23. The molecule has 0 saturated heterocycles. The number of hydrogen-bond donors (Lipinski definition) is 1. The molecule has 1 atom stereocenters. The van der Waals surface area contributed by atoms with Crippen molar-refractivity contribution in [3.8, 4) is 0 Å². The maximum atomic E-state index is 13.7. The minimum absolute atomic E-state index is 0.349. The minimum atomic E-state index is -1.93. The van der Waals surface area contributed by atoms with Crippen LogP contribution in [0.3, 0.4) is 0 Å². The second-order valence-electron chi connectivity index (χ2n) is 3.15. The van der Waals surface area contributed by atoms with Crippen molar-refractivity contribution >= 4 is 23.2 Å². The van der Waals surface area contributed by atoms with Crippen LogP contribution >= 0.6 is 11.6 Å². The summed E-state index contributed by atoms with van der Waals surface area (Å²) in [6, 6.07) is 4.63. The highest BCUT2D eigenvalue weighted by molar-refractivity contribution is 6.31. The highest BCUT2D eigenvalue weighted by Crippen LogP contribution is 2.39. The van der Waals surface area contributed by atoms with Gasteiger partial charge in [0.05, 0.1) is 0 Å². The summed E-state index contributed by atoms with van der Waals surface area (Å²) < 4.78 is 13.7. The fraction of sp³-hybridized carbons (Fsp3) is 0.222. The normalized spacial score (nSPS) is 25.6. The summed E-state index contributed by atoms with van der Waals surface area (Å²) in [5.74, 6) is -0.634. The van der Waals surface area contributed by atoms with Crippen LogP contribution in [0.4, 0.5) is 10.1 Å². The fourth-order valence-electron chi connectivity index (χ4n) is 1.39. The van der Waals surface area contributed by atoms with Crippen molar-refractivity contribution in [2.24, 2.45) is 0 Å². The lowest BCUT2D eigenvalue weighted by molar-refractivity contribution is -0.125. The zero-order chi connectivity index (χ0) is 9.64. The third kappa shape index (κ3) is 1.11. The minimum Gasteiger partial charge on any atom is -0.323 e. The molecule has 1 N–H and O–H groups in total. The molecular weight excluding hydrogens is 193 g/mol. The molecule has 0 bridgehead atoms. The first kappa shape index (κ1) is 8.51. The number of hydrogen-bond acceptors (Lipinski definition) is 1. The molecule has 1 heterocycles. The van der Waals surface area contributed by atoms with Crippen molar-refractivity contribution in [2.45, 2.75) is 12.6 Å². The van der Waals surface area contributed by atoms with Gasteiger partial charge in [0.15, 0.2) is 0 Å². The molecule has 2 rings (SSSR count). The van der Waals surface area contributed by atoms with Gasteiger partial charge in [-0.1, -0.05) is 17.7 Å². The Bertz CT molecular complexity index is 389. The lowest BCUT2D eigenvalue weighted by atomic mass is 10.0. The fourth-order valence-corrected chi connectivity index (χ4v) is 1.56. The number of alkyl halides is 1. The lowest BCUT2D eigenvalue weighted by Gasteiger charge is -2.09. The maximum absolute atomic E-state index is 13.7. The zero-order valence-electron chi connectivity index (χ0n) is 6.90. The van der Waals surface area contributed by atoms with Crippen molar-refractivity contribution in [1.82, 2.24) is 0 Å². The molecular formula is C9H7ClFNO. The Morgan fingerprint density at radius 3 is 2.92 bits per heavy atom. The van der Waals surface area contributed by atoms with Crippen molar-refractivity contribution in [3.63, 3.8) is 0 Å². The number of amides is 1.